The first kappa shape index (κ1) is 18.3. The van der Waals surface area contributed by atoms with E-state index in [0.717, 1.165) is 31.9 Å². The Balaban J connectivity index is 1.60. The first-order valence-electron chi connectivity index (χ1n) is 8.97. The van der Waals surface area contributed by atoms with Crippen LogP contribution in [-0.2, 0) is 0 Å². The molecule has 144 valence electrons. The maximum atomic E-state index is 12.6. The minimum Gasteiger partial charge on any atom is -0.495 e. The van der Waals surface area contributed by atoms with Gasteiger partial charge in [-0.1, -0.05) is 18.2 Å². The van der Waals surface area contributed by atoms with Crippen molar-refractivity contribution in [2.45, 2.75) is 26.8 Å². The molecular formula is C21H21N3O3S. The molecule has 6 nitrogen and oxygen atoms in total. The summed E-state index contributed by atoms with van der Waals surface area (Å²) in [6.45, 7) is 5.86. The van der Waals surface area contributed by atoms with Gasteiger partial charge in [-0.15, -0.1) is 11.3 Å². The van der Waals surface area contributed by atoms with Gasteiger partial charge in [-0.2, -0.15) is 0 Å². The predicted molar refractivity (Wildman–Crippen MR) is 112 cm³/mol. The molecule has 4 rings (SSSR count). The highest BCUT2D eigenvalue weighted by atomic mass is 32.1. The summed E-state index contributed by atoms with van der Waals surface area (Å²) in [6, 6.07) is 11.0. The fourth-order valence-electron chi connectivity index (χ4n) is 3.39. The smallest absolute Gasteiger partial charge is 0.319 e. The number of carbonyl (C=O) groups is 1. The first-order valence-corrected chi connectivity index (χ1v) is 9.78. The quantitative estimate of drug-likeness (QED) is 0.475. The zero-order valence-corrected chi connectivity index (χ0v) is 16.9. The second-order valence-corrected chi connectivity index (χ2v) is 7.88. The van der Waals surface area contributed by atoms with Crippen molar-refractivity contribution in [1.29, 1.82) is 0 Å². The molecule has 7 heteroatoms. The molecule has 2 aromatic carbocycles. The Morgan fingerprint density at radius 1 is 1.18 bits per heavy atom. The second-order valence-electron chi connectivity index (χ2n) is 6.65. The van der Waals surface area contributed by atoms with E-state index in [1.54, 1.807) is 24.5 Å². The average molecular weight is 395 g/mol. The van der Waals surface area contributed by atoms with Crippen LogP contribution in [0.1, 0.15) is 28.5 Å². The van der Waals surface area contributed by atoms with Crippen molar-refractivity contribution >= 4 is 45.0 Å². The molecule has 2 aromatic heterocycles. The highest BCUT2D eigenvalue weighted by Gasteiger charge is 2.18. The number of nitrogens with zero attached hydrogens (tertiary/aromatic N) is 1. The van der Waals surface area contributed by atoms with E-state index in [9.17, 15) is 4.79 Å². The van der Waals surface area contributed by atoms with Gasteiger partial charge in [0.15, 0.2) is 0 Å². The third-order valence-electron chi connectivity index (χ3n) is 4.63. The fourth-order valence-corrected chi connectivity index (χ4v) is 4.32. The van der Waals surface area contributed by atoms with Gasteiger partial charge >= 0.3 is 6.03 Å². The molecule has 2 N–H and O–H groups in total. The monoisotopic (exact) mass is 395 g/mol. The van der Waals surface area contributed by atoms with E-state index in [0.29, 0.717) is 17.0 Å². The number of aryl methyl sites for hydroxylation is 2. The lowest BCUT2D eigenvalue weighted by molar-refractivity contribution is 0.249. The number of rotatable bonds is 4. The maximum Gasteiger partial charge on any atom is 0.319 e. The number of methoxy groups -OCH3 is 1. The summed E-state index contributed by atoms with van der Waals surface area (Å²) in [6.07, 6.45) is 0. The van der Waals surface area contributed by atoms with E-state index in [2.05, 4.69) is 15.6 Å². The van der Waals surface area contributed by atoms with Crippen LogP contribution in [0.5, 0.6) is 5.75 Å². The molecule has 0 saturated heterocycles. The van der Waals surface area contributed by atoms with E-state index in [4.69, 9.17) is 9.15 Å². The number of aromatic nitrogens is 1. The Hall–Kier alpha value is -3.06. The van der Waals surface area contributed by atoms with Crippen LogP contribution in [0.15, 0.2) is 40.8 Å². The Bertz CT molecular complexity index is 1180. The van der Waals surface area contributed by atoms with Gasteiger partial charge in [-0.25, -0.2) is 9.78 Å². The van der Waals surface area contributed by atoms with Gasteiger partial charge in [0.25, 0.3) is 0 Å². The van der Waals surface area contributed by atoms with Crippen molar-refractivity contribution in [1.82, 2.24) is 10.3 Å². The summed E-state index contributed by atoms with van der Waals surface area (Å²) in [5.74, 6) is 0.576. The SMILES string of the molecule is COc1cc2c(cc1NC(=O)N[C@@H](C)c1sc(C)nc1C)oc1ccccc12. The lowest BCUT2D eigenvalue weighted by Crippen LogP contribution is -2.31. The van der Waals surface area contributed by atoms with Crippen LogP contribution in [0, 0.1) is 13.8 Å². The lowest BCUT2D eigenvalue weighted by atomic mass is 10.1. The molecule has 2 heterocycles. The normalized spacial score (nSPS) is 12.3. The number of hydrogen-bond acceptors (Lipinski definition) is 5. The summed E-state index contributed by atoms with van der Waals surface area (Å²) in [5, 5.41) is 8.78. The largest absolute Gasteiger partial charge is 0.495 e. The molecule has 0 unspecified atom stereocenters. The number of furan rings is 1. The van der Waals surface area contributed by atoms with E-state index < -0.39 is 0 Å². The van der Waals surface area contributed by atoms with Gasteiger partial charge in [-0.05, 0) is 32.9 Å². The minimum absolute atomic E-state index is 0.146. The van der Waals surface area contributed by atoms with E-state index in [-0.39, 0.29) is 12.1 Å². The lowest BCUT2D eigenvalue weighted by Gasteiger charge is -2.15. The number of para-hydroxylation sites is 1. The molecule has 0 bridgehead atoms. The topological polar surface area (TPSA) is 76.4 Å². The van der Waals surface area contributed by atoms with Crippen molar-refractivity contribution in [3.05, 3.63) is 52.0 Å². The minimum atomic E-state index is -0.313. The molecule has 28 heavy (non-hydrogen) atoms. The Morgan fingerprint density at radius 3 is 2.68 bits per heavy atom. The molecular weight excluding hydrogens is 374 g/mol. The predicted octanol–water partition coefficient (Wildman–Crippen LogP) is 5.55. The molecule has 2 amide bonds. The average Bonchev–Trinajstić information content (AvgIpc) is 3.19. The summed E-state index contributed by atoms with van der Waals surface area (Å²) >= 11 is 1.59. The Kier molecular flexibility index (Phi) is 4.68. The number of nitrogens with one attached hydrogen (secondary N) is 2. The van der Waals surface area contributed by atoms with Crippen molar-refractivity contribution in [3.63, 3.8) is 0 Å². The van der Waals surface area contributed by atoms with E-state index >= 15 is 0 Å². The van der Waals surface area contributed by atoms with Crippen molar-refractivity contribution in [2.24, 2.45) is 0 Å². The van der Waals surface area contributed by atoms with E-state index in [1.165, 1.54) is 0 Å². The highest BCUT2D eigenvalue weighted by Crippen LogP contribution is 2.36. The molecule has 0 aliphatic rings. The number of anilines is 1. The number of benzene rings is 2. The molecule has 1 atom stereocenters. The van der Waals surface area contributed by atoms with Gasteiger partial charge in [0.1, 0.15) is 16.9 Å². The van der Waals surface area contributed by atoms with Gasteiger partial charge in [0.05, 0.1) is 29.5 Å². The van der Waals surface area contributed by atoms with E-state index in [1.807, 2.05) is 51.1 Å². The summed E-state index contributed by atoms with van der Waals surface area (Å²) in [4.78, 5) is 18.0. The van der Waals surface area contributed by atoms with Gasteiger partial charge < -0.3 is 19.8 Å². The van der Waals surface area contributed by atoms with Crippen LogP contribution < -0.4 is 15.4 Å². The highest BCUT2D eigenvalue weighted by molar-refractivity contribution is 7.11. The van der Waals surface area contributed by atoms with Crippen molar-refractivity contribution in [3.8, 4) is 5.75 Å². The van der Waals surface area contributed by atoms with Crippen LogP contribution in [0.4, 0.5) is 10.5 Å². The third-order valence-corrected chi connectivity index (χ3v) is 5.88. The standard InChI is InChI=1S/C21H21N3O3S/c1-11-20(28-13(3)22-11)12(2)23-21(25)24-16-10-18-15(9-19(16)26-4)14-7-5-6-8-17(14)27-18/h5-10,12H,1-4H3,(H2,23,24,25)/t12-/m0/s1. The second kappa shape index (κ2) is 7.16. The van der Waals surface area contributed by atoms with Crippen LogP contribution in [0.3, 0.4) is 0 Å². The third kappa shape index (κ3) is 3.29. The zero-order valence-electron chi connectivity index (χ0n) is 16.1. The maximum absolute atomic E-state index is 12.6. The fraction of sp³-hybridized carbons (Fsp3) is 0.238. The van der Waals surface area contributed by atoms with Crippen LogP contribution in [0.25, 0.3) is 21.9 Å². The molecule has 0 aliphatic heterocycles. The number of urea groups is 1. The van der Waals surface area contributed by atoms with Crippen LogP contribution >= 0.6 is 11.3 Å². The number of amides is 2. The number of fused-ring (bicyclic) bond motifs is 3. The molecule has 0 radical (unpaired) electrons. The van der Waals surface area contributed by atoms with Gasteiger partial charge in [0.2, 0.25) is 0 Å². The zero-order chi connectivity index (χ0) is 19.8. The van der Waals surface area contributed by atoms with Gasteiger partial charge in [-0.3, -0.25) is 0 Å². The van der Waals surface area contributed by atoms with Crippen LogP contribution in [-0.4, -0.2) is 18.1 Å². The van der Waals surface area contributed by atoms with Crippen LogP contribution in [0.2, 0.25) is 0 Å². The first-order chi connectivity index (χ1) is 13.5. The van der Waals surface area contributed by atoms with Crippen molar-refractivity contribution in [2.75, 3.05) is 12.4 Å². The van der Waals surface area contributed by atoms with Gasteiger partial charge in [0, 0.05) is 21.7 Å². The van der Waals surface area contributed by atoms with Crippen molar-refractivity contribution < 1.29 is 13.9 Å². The number of carbonyl (C=O) groups excluding carboxylic acids is 1. The molecule has 0 saturated carbocycles. The Labute approximate surface area is 166 Å². The molecule has 4 aromatic rings. The Morgan fingerprint density at radius 2 is 1.96 bits per heavy atom. The molecule has 0 aliphatic carbocycles. The molecule has 0 fully saturated rings. The number of thiazole rings is 1. The number of ether oxygens (including phenoxy) is 1. The summed E-state index contributed by atoms with van der Waals surface area (Å²) < 4.78 is 11.4. The summed E-state index contributed by atoms with van der Waals surface area (Å²) in [5.41, 5.74) is 2.98. The summed E-state index contributed by atoms with van der Waals surface area (Å²) in [7, 11) is 1.58. The molecule has 0 spiro atoms. The number of hydrogen-bond donors (Lipinski definition) is 2.